The van der Waals surface area contributed by atoms with Gasteiger partial charge in [0.15, 0.2) is 0 Å². The number of hydrogen-bond donors (Lipinski definition) is 1. The number of nitrogens with zero attached hydrogens (tertiary/aromatic N) is 5. The van der Waals surface area contributed by atoms with Gasteiger partial charge in [0.25, 0.3) is 0 Å². The summed E-state index contributed by atoms with van der Waals surface area (Å²) in [6, 6.07) is 10.1. The monoisotopic (exact) mass is 428 g/mol. The topological polar surface area (TPSA) is 108 Å². The van der Waals surface area contributed by atoms with Crippen molar-refractivity contribution in [2.75, 3.05) is 0 Å². The molecule has 1 aliphatic rings. The van der Waals surface area contributed by atoms with Crippen molar-refractivity contribution in [1.82, 2.24) is 19.1 Å². The molecule has 2 aromatic heterocycles. The third kappa shape index (κ3) is 3.11. The first kappa shape index (κ1) is 19.6. The van der Waals surface area contributed by atoms with Crippen molar-refractivity contribution < 1.29 is 14.0 Å². The number of rotatable bonds is 4. The van der Waals surface area contributed by atoms with Crippen molar-refractivity contribution in [3.8, 4) is 11.4 Å². The van der Waals surface area contributed by atoms with Gasteiger partial charge in [-0.25, -0.2) is 14.4 Å². The van der Waals surface area contributed by atoms with Crippen LogP contribution in [0.3, 0.4) is 0 Å². The summed E-state index contributed by atoms with van der Waals surface area (Å²) in [4.78, 5) is 37.6. The molecular weight excluding hydrogens is 411 g/mol. The predicted molar refractivity (Wildman–Crippen MR) is 115 cm³/mol. The van der Waals surface area contributed by atoms with E-state index in [0.29, 0.717) is 22.6 Å². The molecule has 1 amide bonds. The van der Waals surface area contributed by atoms with Gasteiger partial charge in [-0.2, -0.15) is 0 Å². The van der Waals surface area contributed by atoms with Gasteiger partial charge in [0.1, 0.15) is 35.4 Å². The highest BCUT2D eigenvalue weighted by Gasteiger charge is 2.32. The van der Waals surface area contributed by atoms with Gasteiger partial charge in [-0.1, -0.05) is 12.1 Å². The van der Waals surface area contributed by atoms with Crippen LogP contribution in [0.1, 0.15) is 44.0 Å². The standard InChI is InChI=1S/C23H17FN6O2/c1-13-26-7-8-29(13)16-5-6-17(18(24)10-16)20-22(31)21-19(11-27-20)28-12-30(21)15-4-2-3-14(9-15)23(25)32/h2-12,20H,1H3,(H2,25,32). The molecule has 9 heteroatoms. The highest BCUT2D eigenvalue weighted by molar-refractivity contribution is 6.08. The summed E-state index contributed by atoms with van der Waals surface area (Å²) in [5.41, 5.74) is 7.62. The Hall–Kier alpha value is -4.40. The van der Waals surface area contributed by atoms with E-state index in [4.69, 9.17) is 5.73 Å². The highest BCUT2D eigenvalue weighted by atomic mass is 19.1. The van der Waals surface area contributed by atoms with Gasteiger partial charge in [0, 0.05) is 34.9 Å². The Morgan fingerprint density at radius 1 is 1.09 bits per heavy atom. The lowest BCUT2D eigenvalue weighted by Gasteiger charge is -2.19. The molecule has 0 saturated heterocycles. The van der Waals surface area contributed by atoms with Crippen molar-refractivity contribution in [3.05, 3.63) is 95.3 Å². The number of Topliss-reactive ketones (excluding diaryl/α,β-unsaturated/α-hetero) is 1. The summed E-state index contributed by atoms with van der Waals surface area (Å²) >= 11 is 0. The summed E-state index contributed by atoms with van der Waals surface area (Å²) in [6.07, 6.45) is 6.30. The Labute approximate surface area is 181 Å². The minimum Gasteiger partial charge on any atom is -0.366 e. The number of primary amides is 1. The Bertz CT molecular complexity index is 1420. The molecule has 0 bridgehead atoms. The molecular formula is C23H17FN6O2. The predicted octanol–water partition coefficient (Wildman–Crippen LogP) is 2.96. The molecule has 4 aromatic rings. The number of carbonyl (C=O) groups is 2. The maximum Gasteiger partial charge on any atom is 0.248 e. The number of halogens is 1. The van der Waals surface area contributed by atoms with Crippen molar-refractivity contribution in [2.45, 2.75) is 13.0 Å². The van der Waals surface area contributed by atoms with Crippen LogP contribution in [0.25, 0.3) is 11.4 Å². The van der Waals surface area contributed by atoms with Gasteiger partial charge < -0.3 is 10.3 Å². The first-order chi connectivity index (χ1) is 15.4. The van der Waals surface area contributed by atoms with Crippen molar-refractivity contribution in [3.63, 3.8) is 0 Å². The highest BCUT2D eigenvalue weighted by Crippen LogP contribution is 2.31. The van der Waals surface area contributed by atoms with Crippen molar-refractivity contribution in [1.29, 1.82) is 0 Å². The van der Waals surface area contributed by atoms with Gasteiger partial charge in [-0.05, 0) is 37.3 Å². The molecule has 1 unspecified atom stereocenters. The third-order valence-corrected chi connectivity index (χ3v) is 5.41. The molecule has 1 aliphatic heterocycles. The van der Waals surface area contributed by atoms with E-state index in [2.05, 4.69) is 15.0 Å². The zero-order valence-electron chi connectivity index (χ0n) is 16.9. The van der Waals surface area contributed by atoms with Crippen LogP contribution in [0.15, 0.2) is 66.2 Å². The third-order valence-electron chi connectivity index (χ3n) is 5.41. The van der Waals surface area contributed by atoms with E-state index < -0.39 is 23.5 Å². The molecule has 2 N–H and O–H groups in total. The number of imidazole rings is 2. The molecule has 0 radical (unpaired) electrons. The summed E-state index contributed by atoms with van der Waals surface area (Å²) < 4.78 is 18.4. The zero-order valence-corrected chi connectivity index (χ0v) is 16.9. The molecule has 2 aromatic carbocycles. The molecule has 3 heterocycles. The minimum absolute atomic E-state index is 0.164. The molecule has 158 valence electrons. The molecule has 0 spiro atoms. The van der Waals surface area contributed by atoms with Crippen LogP contribution >= 0.6 is 0 Å². The number of hydrogen-bond acceptors (Lipinski definition) is 5. The lowest BCUT2D eigenvalue weighted by molar-refractivity contribution is 0.0951. The van der Waals surface area contributed by atoms with E-state index in [0.717, 1.165) is 5.82 Å². The quantitative estimate of drug-likeness (QED) is 0.539. The number of aromatic nitrogens is 4. The normalized spacial score (nSPS) is 15.1. The lowest BCUT2D eigenvalue weighted by atomic mass is 9.97. The van der Waals surface area contributed by atoms with Crippen molar-refractivity contribution >= 4 is 17.9 Å². The maximum atomic E-state index is 15.1. The molecule has 0 aliphatic carbocycles. The molecule has 8 nitrogen and oxygen atoms in total. The van der Waals surface area contributed by atoms with E-state index in [1.165, 1.54) is 18.6 Å². The van der Waals surface area contributed by atoms with Crippen LogP contribution < -0.4 is 5.73 Å². The summed E-state index contributed by atoms with van der Waals surface area (Å²) in [5.74, 6) is -0.802. The largest absolute Gasteiger partial charge is 0.366 e. The van der Waals surface area contributed by atoms with E-state index >= 15 is 4.39 Å². The summed E-state index contributed by atoms with van der Waals surface area (Å²) in [5, 5.41) is 0. The smallest absolute Gasteiger partial charge is 0.248 e. The van der Waals surface area contributed by atoms with Gasteiger partial charge in [0.05, 0.1) is 6.21 Å². The first-order valence-electron chi connectivity index (χ1n) is 9.79. The van der Waals surface area contributed by atoms with Gasteiger partial charge in [-0.3, -0.25) is 19.1 Å². The molecule has 32 heavy (non-hydrogen) atoms. The number of aryl methyl sites for hydroxylation is 1. The molecule has 0 fully saturated rings. The Balaban J connectivity index is 1.53. The van der Waals surface area contributed by atoms with E-state index in [9.17, 15) is 9.59 Å². The number of fused-ring (bicyclic) bond motifs is 1. The SMILES string of the molecule is Cc1nccn1-c1ccc(C2N=Cc3ncn(-c4cccc(C(N)=O)c4)c3C2=O)c(F)c1. The summed E-state index contributed by atoms with van der Waals surface area (Å²) in [7, 11) is 0. The maximum absolute atomic E-state index is 15.1. The second-order valence-electron chi connectivity index (χ2n) is 7.36. The fourth-order valence-electron chi connectivity index (χ4n) is 3.81. The zero-order chi connectivity index (χ0) is 22.4. The van der Waals surface area contributed by atoms with Crippen LogP contribution in [0.4, 0.5) is 4.39 Å². The number of amides is 1. The van der Waals surface area contributed by atoms with Gasteiger partial charge >= 0.3 is 0 Å². The van der Waals surface area contributed by atoms with Gasteiger partial charge in [0.2, 0.25) is 11.7 Å². The fraction of sp³-hybridized carbons (Fsp3) is 0.0870. The number of nitrogens with two attached hydrogens (primary N) is 1. The van der Waals surface area contributed by atoms with E-state index in [-0.39, 0.29) is 11.3 Å². The molecule has 0 saturated carbocycles. The number of aliphatic imine (C=N–C) groups is 1. The molecule has 5 rings (SSSR count). The van der Waals surface area contributed by atoms with Crippen molar-refractivity contribution in [2.24, 2.45) is 10.7 Å². The Morgan fingerprint density at radius 3 is 2.62 bits per heavy atom. The van der Waals surface area contributed by atoms with Crippen LogP contribution in [-0.4, -0.2) is 37.0 Å². The lowest BCUT2D eigenvalue weighted by Crippen LogP contribution is -2.21. The Morgan fingerprint density at radius 2 is 1.91 bits per heavy atom. The Kier molecular flexibility index (Phi) is 4.51. The molecule has 1 atom stereocenters. The number of ketones is 1. The first-order valence-corrected chi connectivity index (χ1v) is 9.79. The summed E-state index contributed by atoms with van der Waals surface area (Å²) in [6.45, 7) is 1.82. The van der Waals surface area contributed by atoms with Crippen LogP contribution in [0.5, 0.6) is 0 Å². The number of benzene rings is 2. The minimum atomic E-state index is -1.05. The van der Waals surface area contributed by atoms with Crippen LogP contribution in [0, 0.1) is 12.7 Å². The second kappa shape index (κ2) is 7.38. The van der Waals surface area contributed by atoms with Crippen LogP contribution in [-0.2, 0) is 0 Å². The average molecular weight is 428 g/mol. The van der Waals surface area contributed by atoms with Gasteiger partial charge in [-0.15, -0.1) is 0 Å². The van der Waals surface area contributed by atoms with Crippen LogP contribution in [0.2, 0.25) is 0 Å². The second-order valence-corrected chi connectivity index (χ2v) is 7.36. The average Bonchev–Trinajstić information content (AvgIpc) is 3.41. The number of carbonyl (C=O) groups excluding carboxylic acids is 2. The van der Waals surface area contributed by atoms with E-state index in [1.807, 2.05) is 6.92 Å². The van der Waals surface area contributed by atoms with E-state index in [1.54, 1.807) is 57.9 Å². The fourth-order valence-corrected chi connectivity index (χ4v) is 3.81.